The summed E-state index contributed by atoms with van der Waals surface area (Å²) < 4.78 is 0. The topological polar surface area (TPSA) is 15.3 Å². The van der Waals surface area contributed by atoms with Crippen LogP contribution in [-0.4, -0.2) is 30.6 Å². The van der Waals surface area contributed by atoms with Crippen LogP contribution in [0.25, 0.3) is 0 Å². The Kier molecular flexibility index (Phi) is 6.81. The monoisotopic (exact) mass is 328 g/mol. The fraction of sp³-hybridized carbons (Fsp3) is 0.647. The molecule has 1 aromatic carbocycles. The Morgan fingerprint density at radius 2 is 2.14 bits per heavy atom. The number of halogens is 2. The third kappa shape index (κ3) is 4.59. The minimum absolute atomic E-state index is 0.292. The van der Waals surface area contributed by atoms with E-state index in [2.05, 4.69) is 30.1 Å². The zero-order valence-corrected chi connectivity index (χ0v) is 14.6. The molecule has 21 heavy (non-hydrogen) atoms. The highest BCUT2D eigenvalue weighted by atomic mass is 35.5. The summed E-state index contributed by atoms with van der Waals surface area (Å²) in [5, 5.41) is 4.98. The highest BCUT2D eigenvalue weighted by Crippen LogP contribution is 2.33. The van der Waals surface area contributed by atoms with Crippen molar-refractivity contribution in [3.05, 3.63) is 33.8 Å². The van der Waals surface area contributed by atoms with Crippen molar-refractivity contribution in [2.45, 2.75) is 51.6 Å². The third-order valence-electron chi connectivity index (χ3n) is 4.36. The van der Waals surface area contributed by atoms with E-state index in [0.29, 0.717) is 22.1 Å². The number of benzene rings is 1. The molecule has 1 aliphatic rings. The van der Waals surface area contributed by atoms with Crippen LogP contribution in [0, 0.1) is 0 Å². The van der Waals surface area contributed by atoms with E-state index in [9.17, 15) is 0 Å². The van der Waals surface area contributed by atoms with Crippen molar-refractivity contribution in [2.24, 2.45) is 0 Å². The molecule has 2 atom stereocenters. The van der Waals surface area contributed by atoms with Gasteiger partial charge in [0.15, 0.2) is 0 Å². The molecule has 2 unspecified atom stereocenters. The number of hydrogen-bond acceptors (Lipinski definition) is 2. The maximum absolute atomic E-state index is 6.40. The zero-order valence-electron chi connectivity index (χ0n) is 13.0. The number of rotatable bonds is 6. The molecule has 0 spiro atoms. The molecule has 0 saturated carbocycles. The van der Waals surface area contributed by atoms with Crippen molar-refractivity contribution >= 4 is 23.2 Å². The van der Waals surface area contributed by atoms with Gasteiger partial charge in [-0.1, -0.05) is 48.7 Å². The van der Waals surface area contributed by atoms with Crippen LogP contribution >= 0.6 is 23.2 Å². The average molecular weight is 329 g/mol. The largest absolute Gasteiger partial charge is 0.313 e. The first-order chi connectivity index (χ1) is 10.1. The highest BCUT2D eigenvalue weighted by Gasteiger charge is 2.22. The molecule has 2 rings (SSSR count). The Balaban J connectivity index is 2.10. The summed E-state index contributed by atoms with van der Waals surface area (Å²) >= 11 is 12.6. The van der Waals surface area contributed by atoms with E-state index in [1.807, 2.05) is 12.1 Å². The molecule has 1 heterocycles. The van der Waals surface area contributed by atoms with Crippen molar-refractivity contribution in [1.29, 1.82) is 0 Å². The first-order valence-corrected chi connectivity index (χ1v) is 8.80. The van der Waals surface area contributed by atoms with Crippen LogP contribution in [0.1, 0.15) is 51.1 Å². The molecule has 1 saturated heterocycles. The Bertz CT molecular complexity index is 444. The van der Waals surface area contributed by atoms with Crippen molar-refractivity contribution < 1.29 is 0 Å². The van der Waals surface area contributed by atoms with Gasteiger partial charge in [-0.15, -0.1) is 0 Å². The summed E-state index contributed by atoms with van der Waals surface area (Å²) in [7, 11) is 0. The Morgan fingerprint density at radius 3 is 2.81 bits per heavy atom. The van der Waals surface area contributed by atoms with Crippen molar-refractivity contribution in [3.63, 3.8) is 0 Å². The summed E-state index contributed by atoms with van der Waals surface area (Å²) in [5.41, 5.74) is 1.13. The van der Waals surface area contributed by atoms with Crippen LogP contribution in [0.3, 0.4) is 0 Å². The van der Waals surface area contributed by atoms with Gasteiger partial charge >= 0.3 is 0 Å². The summed E-state index contributed by atoms with van der Waals surface area (Å²) in [6.07, 6.45) is 5.06. The van der Waals surface area contributed by atoms with Crippen LogP contribution in [0.15, 0.2) is 18.2 Å². The molecular formula is C17H26Cl2N2. The lowest BCUT2D eigenvalue weighted by Crippen LogP contribution is -2.44. The molecule has 1 aliphatic heterocycles. The minimum Gasteiger partial charge on any atom is -0.313 e. The maximum Gasteiger partial charge on any atom is 0.0640 e. The number of piperidine rings is 1. The standard InChI is InChI=1S/C17H26Cl2N2/c1-3-11-21(12-14-7-4-5-10-20-14)13(2)15-8-6-9-16(18)17(15)19/h6,8-9,13-14,20H,3-5,7,10-12H2,1-2H3. The van der Waals surface area contributed by atoms with Crippen molar-refractivity contribution in [2.75, 3.05) is 19.6 Å². The van der Waals surface area contributed by atoms with Gasteiger partial charge in [0.2, 0.25) is 0 Å². The van der Waals surface area contributed by atoms with Crippen LogP contribution in [0.2, 0.25) is 10.0 Å². The molecular weight excluding hydrogens is 303 g/mol. The van der Waals surface area contributed by atoms with Crippen LogP contribution in [0.5, 0.6) is 0 Å². The third-order valence-corrected chi connectivity index (χ3v) is 5.19. The van der Waals surface area contributed by atoms with E-state index in [0.717, 1.165) is 31.6 Å². The Labute approximate surface area is 138 Å². The summed E-state index contributed by atoms with van der Waals surface area (Å²) in [6, 6.07) is 6.83. The van der Waals surface area contributed by atoms with Gasteiger partial charge in [-0.05, 0) is 50.9 Å². The fourth-order valence-corrected chi connectivity index (χ4v) is 3.60. The molecule has 0 amide bonds. The number of hydrogen-bond donors (Lipinski definition) is 1. The van der Waals surface area contributed by atoms with Gasteiger partial charge in [0.1, 0.15) is 0 Å². The second-order valence-corrected chi connectivity index (χ2v) is 6.75. The quantitative estimate of drug-likeness (QED) is 0.798. The summed E-state index contributed by atoms with van der Waals surface area (Å²) in [4.78, 5) is 2.53. The lowest BCUT2D eigenvalue weighted by molar-refractivity contribution is 0.176. The van der Waals surface area contributed by atoms with Crippen molar-refractivity contribution in [1.82, 2.24) is 10.2 Å². The van der Waals surface area contributed by atoms with Crippen LogP contribution in [-0.2, 0) is 0 Å². The van der Waals surface area contributed by atoms with E-state index in [1.54, 1.807) is 0 Å². The van der Waals surface area contributed by atoms with Gasteiger partial charge in [0.05, 0.1) is 10.0 Å². The molecule has 118 valence electrons. The molecule has 1 N–H and O–H groups in total. The first kappa shape index (κ1) is 17.1. The van der Waals surface area contributed by atoms with Gasteiger partial charge in [-0.2, -0.15) is 0 Å². The smallest absolute Gasteiger partial charge is 0.0640 e. The van der Waals surface area contributed by atoms with E-state index in [-0.39, 0.29) is 0 Å². The van der Waals surface area contributed by atoms with E-state index < -0.39 is 0 Å². The first-order valence-electron chi connectivity index (χ1n) is 8.04. The van der Waals surface area contributed by atoms with E-state index in [1.165, 1.54) is 19.3 Å². The molecule has 0 radical (unpaired) electrons. The van der Waals surface area contributed by atoms with Crippen LogP contribution < -0.4 is 5.32 Å². The second kappa shape index (κ2) is 8.38. The van der Waals surface area contributed by atoms with Gasteiger partial charge in [-0.25, -0.2) is 0 Å². The molecule has 0 aromatic heterocycles. The molecule has 0 bridgehead atoms. The van der Waals surface area contributed by atoms with Gasteiger partial charge in [0, 0.05) is 18.6 Å². The fourth-order valence-electron chi connectivity index (χ4n) is 3.13. The van der Waals surface area contributed by atoms with E-state index in [4.69, 9.17) is 23.2 Å². The molecule has 1 fully saturated rings. The maximum atomic E-state index is 6.40. The summed E-state index contributed by atoms with van der Waals surface area (Å²) in [6.45, 7) is 7.78. The molecule has 4 heteroatoms. The van der Waals surface area contributed by atoms with Crippen molar-refractivity contribution in [3.8, 4) is 0 Å². The predicted octanol–water partition coefficient (Wildman–Crippen LogP) is 4.91. The van der Waals surface area contributed by atoms with Gasteiger partial charge in [0.25, 0.3) is 0 Å². The lowest BCUT2D eigenvalue weighted by Gasteiger charge is -2.35. The molecule has 1 aromatic rings. The number of nitrogens with one attached hydrogen (secondary N) is 1. The second-order valence-electron chi connectivity index (χ2n) is 5.96. The Morgan fingerprint density at radius 1 is 1.33 bits per heavy atom. The summed E-state index contributed by atoms with van der Waals surface area (Å²) in [5.74, 6) is 0. The zero-order chi connectivity index (χ0) is 15.2. The van der Waals surface area contributed by atoms with E-state index >= 15 is 0 Å². The Hall–Kier alpha value is -0.280. The minimum atomic E-state index is 0.292. The molecule has 0 aliphatic carbocycles. The predicted molar refractivity (Wildman–Crippen MR) is 92.4 cm³/mol. The number of nitrogens with zero attached hydrogens (tertiary/aromatic N) is 1. The normalized spacial score (nSPS) is 20.7. The SMILES string of the molecule is CCCN(CC1CCCCN1)C(C)c1cccc(Cl)c1Cl. The van der Waals surface area contributed by atoms with Gasteiger partial charge < -0.3 is 5.32 Å². The van der Waals surface area contributed by atoms with Gasteiger partial charge in [-0.3, -0.25) is 4.90 Å². The van der Waals surface area contributed by atoms with Crippen LogP contribution in [0.4, 0.5) is 0 Å². The highest BCUT2D eigenvalue weighted by molar-refractivity contribution is 6.42. The molecule has 2 nitrogen and oxygen atoms in total. The lowest BCUT2D eigenvalue weighted by atomic mass is 10.0. The average Bonchev–Trinajstić information content (AvgIpc) is 2.50.